The normalized spacial score (nSPS) is 19.8. The van der Waals surface area contributed by atoms with Crippen LogP contribution < -0.4 is 5.32 Å². The summed E-state index contributed by atoms with van der Waals surface area (Å²) in [6, 6.07) is 0. The third-order valence-electron chi connectivity index (χ3n) is 3.43. The Morgan fingerprint density at radius 1 is 1.56 bits per heavy atom. The second kappa shape index (κ2) is 7.25. The van der Waals surface area contributed by atoms with Crippen molar-refractivity contribution in [2.75, 3.05) is 6.54 Å². The molecule has 98 valence electrons. The van der Waals surface area contributed by atoms with E-state index < -0.39 is 0 Å². The maximum atomic E-state index is 4.84. The highest BCUT2D eigenvalue weighted by molar-refractivity contribution is 6.15. The van der Waals surface area contributed by atoms with Crippen molar-refractivity contribution < 1.29 is 0 Å². The van der Waals surface area contributed by atoms with Crippen LogP contribution in [0.1, 0.15) is 39.5 Å². The molecule has 0 amide bonds. The van der Waals surface area contributed by atoms with E-state index in [4.69, 9.17) is 4.99 Å². The quantitative estimate of drug-likeness (QED) is 0.563. The molecule has 3 heteroatoms. The summed E-state index contributed by atoms with van der Waals surface area (Å²) in [6.45, 7) is 12.8. The summed E-state index contributed by atoms with van der Waals surface area (Å²) >= 11 is 0. The first-order chi connectivity index (χ1) is 8.60. The Kier molecular flexibility index (Phi) is 5.96. The van der Waals surface area contributed by atoms with E-state index in [-0.39, 0.29) is 5.94 Å². The zero-order chi connectivity index (χ0) is 13.5. The number of hydrogen-bond acceptors (Lipinski definition) is 2. The molecule has 0 saturated carbocycles. The van der Waals surface area contributed by atoms with E-state index >= 15 is 0 Å². The van der Waals surface area contributed by atoms with Gasteiger partial charge < -0.3 is 5.32 Å². The number of nitrogens with one attached hydrogen (secondary N) is 1. The third-order valence-corrected chi connectivity index (χ3v) is 3.43. The number of aliphatic imine (C=N–C) groups is 1. The summed E-state index contributed by atoms with van der Waals surface area (Å²) < 4.78 is 0. The van der Waals surface area contributed by atoms with E-state index in [1.807, 2.05) is 13.0 Å². The molecule has 1 atom stereocenters. The van der Waals surface area contributed by atoms with Crippen LogP contribution in [-0.2, 0) is 0 Å². The van der Waals surface area contributed by atoms with Crippen LogP contribution in [0, 0.1) is 0 Å². The molecule has 0 saturated heterocycles. The third kappa shape index (κ3) is 3.90. The van der Waals surface area contributed by atoms with Crippen LogP contribution >= 0.6 is 0 Å². The molecular weight excluding hydrogens is 219 g/mol. The highest BCUT2D eigenvalue weighted by Crippen LogP contribution is 2.24. The number of rotatable bonds is 6. The minimum absolute atomic E-state index is 0.223. The van der Waals surface area contributed by atoms with Crippen LogP contribution in [-0.4, -0.2) is 26.0 Å². The first-order valence-corrected chi connectivity index (χ1v) is 6.89. The molecule has 0 aromatic heterocycles. The van der Waals surface area contributed by atoms with Gasteiger partial charge in [-0.25, -0.2) is 0 Å². The SMILES string of the molecule is BC(/N=C1\CCCC(NCC=C)=C1CC)C(=C)C. The Morgan fingerprint density at radius 2 is 2.28 bits per heavy atom. The van der Waals surface area contributed by atoms with E-state index in [0.717, 1.165) is 31.4 Å². The van der Waals surface area contributed by atoms with Crippen molar-refractivity contribution in [2.24, 2.45) is 4.99 Å². The van der Waals surface area contributed by atoms with Crippen LogP contribution in [0.4, 0.5) is 0 Å². The van der Waals surface area contributed by atoms with Crippen molar-refractivity contribution in [1.82, 2.24) is 5.32 Å². The topological polar surface area (TPSA) is 24.4 Å². The summed E-state index contributed by atoms with van der Waals surface area (Å²) in [4.78, 5) is 4.84. The molecule has 1 aliphatic rings. The number of allylic oxidation sites excluding steroid dienone is 2. The number of hydrogen-bond donors (Lipinski definition) is 1. The van der Waals surface area contributed by atoms with Crippen molar-refractivity contribution in [3.63, 3.8) is 0 Å². The predicted molar refractivity (Wildman–Crippen MR) is 83.9 cm³/mol. The first-order valence-electron chi connectivity index (χ1n) is 6.89. The Balaban J connectivity index is 2.96. The van der Waals surface area contributed by atoms with Gasteiger partial charge in [0.05, 0.1) is 0 Å². The van der Waals surface area contributed by atoms with E-state index in [0.29, 0.717) is 0 Å². The molecule has 18 heavy (non-hydrogen) atoms. The Hall–Kier alpha value is -1.25. The fourth-order valence-electron chi connectivity index (χ4n) is 2.20. The van der Waals surface area contributed by atoms with Gasteiger partial charge >= 0.3 is 0 Å². The molecule has 1 N–H and O–H groups in total. The highest BCUT2D eigenvalue weighted by Gasteiger charge is 2.17. The molecule has 2 nitrogen and oxygen atoms in total. The predicted octanol–water partition coefficient (Wildman–Crippen LogP) is 2.59. The molecule has 1 rings (SSSR count). The molecule has 0 heterocycles. The average Bonchev–Trinajstić information content (AvgIpc) is 2.36. The second-order valence-electron chi connectivity index (χ2n) is 4.93. The molecule has 0 fully saturated rings. The monoisotopic (exact) mass is 244 g/mol. The standard InChI is InChI=1S/C15H25BN2/c1-5-10-17-13-8-7-9-14(12(13)6-2)18-15(16)11(3)4/h5,15,17H,1,3,6-10,16H2,2,4H3/b18-14+. The Bertz CT molecular complexity index is 380. The molecule has 0 bridgehead atoms. The Morgan fingerprint density at radius 3 is 2.83 bits per heavy atom. The smallest absolute Gasteiger partial charge is 0.138 e. The molecule has 1 aliphatic carbocycles. The van der Waals surface area contributed by atoms with Gasteiger partial charge in [0.15, 0.2) is 0 Å². The van der Waals surface area contributed by atoms with Crippen molar-refractivity contribution in [3.8, 4) is 0 Å². The maximum Gasteiger partial charge on any atom is 0.138 e. The molecule has 0 aromatic rings. The van der Waals surface area contributed by atoms with Gasteiger partial charge in [-0.05, 0) is 38.2 Å². The number of nitrogens with zero attached hydrogens (tertiary/aromatic N) is 1. The van der Waals surface area contributed by atoms with Gasteiger partial charge in [-0.1, -0.05) is 25.2 Å². The lowest BCUT2D eigenvalue weighted by Crippen LogP contribution is -2.23. The van der Waals surface area contributed by atoms with Gasteiger partial charge in [-0.3, -0.25) is 4.99 Å². The van der Waals surface area contributed by atoms with Gasteiger partial charge in [-0.15, -0.1) is 6.58 Å². The van der Waals surface area contributed by atoms with Gasteiger partial charge in [0.1, 0.15) is 7.85 Å². The summed E-state index contributed by atoms with van der Waals surface area (Å²) in [5, 5.41) is 3.46. The van der Waals surface area contributed by atoms with Gasteiger partial charge in [0.25, 0.3) is 0 Å². The van der Waals surface area contributed by atoms with Crippen LogP contribution in [0.2, 0.25) is 0 Å². The summed E-state index contributed by atoms with van der Waals surface area (Å²) in [5.74, 6) is 0.223. The lowest BCUT2D eigenvalue weighted by Gasteiger charge is -2.23. The van der Waals surface area contributed by atoms with E-state index in [9.17, 15) is 0 Å². The van der Waals surface area contributed by atoms with Crippen LogP contribution in [0.5, 0.6) is 0 Å². The lowest BCUT2D eigenvalue weighted by molar-refractivity contribution is 0.722. The van der Waals surface area contributed by atoms with E-state index in [1.165, 1.54) is 23.4 Å². The molecule has 1 unspecified atom stereocenters. The van der Waals surface area contributed by atoms with Crippen molar-refractivity contribution >= 4 is 13.6 Å². The molecular formula is C15H25BN2. The molecule has 0 aliphatic heterocycles. The first kappa shape index (κ1) is 14.8. The minimum atomic E-state index is 0.223. The maximum absolute atomic E-state index is 4.84. The summed E-state index contributed by atoms with van der Waals surface area (Å²) in [6.07, 6.45) is 6.37. The van der Waals surface area contributed by atoms with Crippen molar-refractivity contribution in [1.29, 1.82) is 0 Å². The van der Waals surface area contributed by atoms with Gasteiger partial charge in [0, 0.05) is 23.9 Å². The second-order valence-corrected chi connectivity index (χ2v) is 4.93. The van der Waals surface area contributed by atoms with Gasteiger partial charge in [-0.2, -0.15) is 0 Å². The fraction of sp³-hybridized carbons (Fsp3) is 0.533. The van der Waals surface area contributed by atoms with Crippen molar-refractivity contribution in [3.05, 3.63) is 36.1 Å². The summed E-state index contributed by atoms with van der Waals surface area (Å²) in [5.41, 5.74) is 5.16. The zero-order valence-corrected chi connectivity index (χ0v) is 12.1. The fourth-order valence-corrected chi connectivity index (χ4v) is 2.20. The largest absolute Gasteiger partial charge is 0.385 e. The minimum Gasteiger partial charge on any atom is -0.385 e. The van der Waals surface area contributed by atoms with Crippen LogP contribution in [0.15, 0.2) is 41.1 Å². The average molecular weight is 244 g/mol. The highest BCUT2D eigenvalue weighted by atomic mass is 14.9. The van der Waals surface area contributed by atoms with Gasteiger partial charge in [0.2, 0.25) is 0 Å². The molecule has 0 aromatic carbocycles. The van der Waals surface area contributed by atoms with E-state index in [1.54, 1.807) is 0 Å². The zero-order valence-electron chi connectivity index (χ0n) is 12.1. The Labute approximate surface area is 112 Å². The summed E-state index contributed by atoms with van der Waals surface area (Å²) in [7, 11) is 2.12. The van der Waals surface area contributed by atoms with Crippen molar-refractivity contribution in [2.45, 2.75) is 45.5 Å². The molecule has 0 spiro atoms. The lowest BCUT2D eigenvalue weighted by atomic mass is 9.88. The van der Waals surface area contributed by atoms with Crippen LogP contribution in [0.3, 0.4) is 0 Å². The van der Waals surface area contributed by atoms with Crippen LogP contribution in [0.25, 0.3) is 0 Å². The molecule has 0 radical (unpaired) electrons. The van der Waals surface area contributed by atoms with E-state index in [2.05, 4.69) is 33.2 Å².